The first-order chi connectivity index (χ1) is 21.1. The third kappa shape index (κ3) is 13.7. The highest BCUT2D eigenvalue weighted by Crippen LogP contribution is 2.10. The van der Waals surface area contributed by atoms with E-state index in [0.717, 1.165) is 4.90 Å². The molecule has 0 unspecified atom stereocenters. The van der Waals surface area contributed by atoms with Crippen LogP contribution in [0.15, 0.2) is 36.4 Å². The lowest BCUT2D eigenvalue weighted by Crippen LogP contribution is -2.53. The fourth-order valence-corrected chi connectivity index (χ4v) is 3.83. The van der Waals surface area contributed by atoms with Gasteiger partial charge in [0.15, 0.2) is 0 Å². The molecule has 14 nitrogen and oxygen atoms in total. The molecule has 1 aliphatic rings. The largest absolute Gasteiger partial charge is 0.392 e. The van der Waals surface area contributed by atoms with Gasteiger partial charge in [-0.05, 0) is 30.5 Å². The topological polar surface area (TPSA) is 182 Å². The number of rotatable bonds is 22. The Morgan fingerprint density at radius 2 is 1.27 bits per heavy atom. The van der Waals surface area contributed by atoms with Crippen LogP contribution in [0.25, 0.3) is 0 Å². The number of aliphatic hydroxyl groups excluding tert-OH is 1. The van der Waals surface area contributed by atoms with Crippen molar-refractivity contribution in [2.24, 2.45) is 5.92 Å². The van der Waals surface area contributed by atoms with Gasteiger partial charge in [-0.1, -0.05) is 26.0 Å². The lowest BCUT2D eigenvalue weighted by atomic mass is 10.0. The molecule has 14 heteroatoms. The Kier molecular flexibility index (Phi) is 16.8. The number of ether oxygens (including phenoxy) is 4. The lowest BCUT2D eigenvalue weighted by molar-refractivity contribution is -0.137. The Hall–Kier alpha value is -3.69. The molecule has 0 saturated heterocycles. The molecule has 1 aromatic carbocycles. The second-order valence-corrected chi connectivity index (χ2v) is 10.2. The van der Waals surface area contributed by atoms with Gasteiger partial charge in [-0.3, -0.25) is 28.9 Å². The zero-order chi connectivity index (χ0) is 32.3. The summed E-state index contributed by atoms with van der Waals surface area (Å²) in [5.74, 6) is -2.13. The zero-order valence-electron chi connectivity index (χ0n) is 25.5. The van der Waals surface area contributed by atoms with Gasteiger partial charge in [-0.2, -0.15) is 0 Å². The molecule has 0 fully saturated rings. The van der Waals surface area contributed by atoms with Crippen LogP contribution in [0.3, 0.4) is 0 Å². The number of aliphatic hydroxyl groups is 1. The van der Waals surface area contributed by atoms with E-state index >= 15 is 0 Å². The summed E-state index contributed by atoms with van der Waals surface area (Å²) in [5.41, 5.74) is 1.25. The zero-order valence-corrected chi connectivity index (χ0v) is 25.5. The molecule has 2 atom stereocenters. The third-order valence-corrected chi connectivity index (χ3v) is 6.37. The first-order valence-corrected chi connectivity index (χ1v) is 14.6. The lowest BCUT2D eigenvalue weighted by Gasteiger charge is -2.24. The highest BCUT2D eigenvalue weighted by atomic mass is 16.6. The van der Waals surface area contributed by atoms with E-state index in [1.165, 1.54) is 12.2 Å². The average molecular weight is 621 g/mol. The van der Waals surface area contributed by atoms with Gasteiger partial charge in [-0.25, -0.2) is 0 Å². The van der Waals surface area contributed by atoms with E-state index in [0.29, 0.717) is 44.3 Å². The van der Waals surface area contributed by atoms with E-state index < -0.39 is 23.9 Å². The molecule has 244 valence electrons. The van der Waals surface area contributed by atoms with Crippen LogP contribution in [-0.4, -0.2) is 111 Å². The fourth-order valence-electron chi connectivity index (χ4n) is 3.83. The number of hydrogen-bond acceptors (Lipinski definition) is 10. The molecule has 0 aliphatic carbocycles. The summed E-state index contributed by atoms with van der Waals surface area (Å²) in [4.78, 5) is 61.7. The van der Waals surface area contributed by atoms with Crippen molar-refractivity contribution >= 4 is 35.2 Å². The molecule has 1 heterocycles. The van der Waals surface area contributed by atoms with Crippen molar-refractivity contribution in [2.75, 3.05) is 64.7 Å². The van der Waals surface area contributed by atoms with Gasteiger partial charge < -0.3 is 40.0 Å². The van der Waals surface area contributed by atoms with Crippen molar-refractivity contribution in [3.05, 3.63) is 42.0 Å². The van der Waals surface area contributed by atoms with Gasteiger partial charge in [-0.15, -0.1) is 0 Å². The van der Waals surface area contributed by atoms with Gasteiger partial charge in [0.1, 0.15) is 12.1 Å². The van der Waals surface area contributed by atoms with Crippen molar-refractivity contribution in [1.82, 2.24) is 15.5 Å². The molecule has 4 N–H and O–H groups in total. The van der Waals surface area contributed by atoms with E-state index in [1.54, 1.807) is 45.0 Å². The highest BCUT2D eigenvalue weighted by Gasteiger charge is 2.27. The van der Waals surface area contributed by atoms with Gasteiger partial charge >= 0.3 is 0 Å². The first kappa shape index (κ1) is 36.5. The van der Waals surface area contributed by atoms with E-state index in [2.05, 4.69) is 16.0 Å². The maximum atomic E-state index is 12.8. The second-order valence-electron chi connectivity index (χ2n) is 10.2. The summed E-state index contributed by atoms with van der Waals surface area (Å²) < 4.78 is 21.6. The van der Waals surface area contributed by atoms with Gasteiger partial charge in [0.25, 0.3) is 11.8 Å². The number of anilines is 1. The van der Waals surface area contributed by atoms with Crippen LogP contribution in [0.1, 0.15) is 32.8 Å². The number of benzene rings is 1. The van der Waals surface area contributed by atoms with Crippen LogP contribution in [0.4, 0.5) is 5.69 Å². The molecule has 0 aromatic heterocycles. The summed E-state index contributed by atoms with van der Waals surface area (Å²) in [5, 5.41) is 17.2. The molecule has 44 heavy (non-hydrogen) atoms. The molecular weight excluding hydrogens is 576 g/mol. The Balaban J connectivity index is 1.49. The average Bonchev–Trinajstić information content (AvgIpc) is 3.32. The number of hydrogen-bond donors (Lipinski definition) is 4. The number of carbonyl (C=O) groups excluding carboxylic acids is 5. The van der Waals surface area contributed by atoms with E-state index in [1.807, 2.05) is 0 Å². The van der Waals surface area contributed by atoms with Crippen LogP contribution < -0.4 is 16.0 Å². The number of nitrogens with one attached hydrogen (secondary N) is 3. The molecule has 1 aliphatic heterocycles. The van der Waals surface area contributed by atoms with Gasteiger partial charge in [0.2, 0.25) is 17.7 Å². The van der Waals surface area contributed by atoms with Crippen molar-refractivity contribution in [1.29, 1.82) is 0 Å². The fraction of sp³-hybridized carbons (Fsp3) is 0.567. The minimum atomic E-state index is -0.844. The monoisotopic (exact) mass is 620 g/mol. The van der Waals surface area contributed by atoms with Crippen LogP contribution in [0.2, 0.25) is 0 Å². The van der Waals surface area contributed by atoms with Crippen LogP contribution >= 0.6 is 0 Å². The number of carbonyl (C=O) groups is 5. The molecule has 1 aromatic rings. The summed E-state index contributed by atoms with van der Waals surface area (Å²) in [6.45, 7) is 7.60. The maximum absolute atomic E-state index is 12.8. The molecule has 2 rings (SSSR count). The van der Waals surface area contributed by atoms with E-state index in [9.17, 15) is 24.0 Å². The van der Waals surface area contributed by atoms with Crippen LogP contribution in [0.5, 0.6) is 0 Å². The summed E-state index contributed by atoms with van der Waals surface area (Å²) in [6, 6.07) is 5.01. The second kappa shape index (κ2) is 20.3. The van der Waals surface area contributed by atoms with Gasteiger partial charge in [0, 0.05) is 24.3 Å². The smallest absolute Gasteiger partial charge is 0.253 e. The Morgan fingerprint density at radius 3 is 1.80 bits per heavy atom. The van der Waals surface area contributed by atoms with Crippen molar-refractivity contribution < 1.29 is 48.0 Å². The van der Waals surface area contributed by atoms with Crippen molar-refractivity contribution in [2.45, 2.75) is 45.9 Å². The minimum Gasteiger partial charge on any atom is -0.392 e. The predicted octanol–water partition coefficient (Wildman–Crippen LogP) is 0.144. The van der Waals surface area contributed by atoms with E-state index in [-0.39, 0.29) is 63.0 Å². The maximum Gasteiger partial charge on any atom is 0.253 e. The summed E-state index contributed by atoms with van der Waals surface area (Å²) in [7, 11) is 0. The molecule has 0 saturated carbocycles. The van der Waals surface area contributed by atoms with Gasteiger partial charge in [0.05, 0.1) is 66.0 Å². The van der Waals surface area contributed by atoms with Crippen LogP contribution in [0, 0.1) is 5.92 Å². The molecular formula is C30H44N4O10. The quantitative estimate of drug-likeness (QED) is 0.103. The molecule has 0 spiro atoms. The third-order valence-electron chi connectivity index (χ3n) is 6.37. The molecule has 0 radical (unpaired) electrons. The van der Waals surface area contributed by atoms with E-state index in [4.69, 9.17) is 24.1 Å². The summed E-state index contributed by atoms with van der Waals surface area (Å²) >= 11 is 0. The highest BCUT2D eigenvalue weighted by molar-refractivity contribution is 6.12. The number of nitrogens with zero attached hydrogens (tertiary/aromatic N) is 1. The molecule has 5 amide bonds. The van der Waals surface area contributed by atoms with Crippen LogP contribution in [-0.2, 0) is 49.5 Å². The minimum absolute atomic E-state index is 0.0517. The normalized spacial score (nSPS) is 14.2. The first-order valence-electron chi connectivity index (χ1n) is 14.6. The van der Waals surface area contributed by atoms with Crippen molar-refractivity contribution in [3.63, 3.8) is 0 Å². The predicted molar refractivity (Wildman–Crippen MR) is 159 cm³/mol. The molecule has 0 bridgehead atoms. The number of amides is 5. The Morgan fingerprint density at radius 1 is 0.750 bits per heavy atom. The van der Waals surface area contributed by atoms with Crippen molar-refractivity contribution in [3.8, 4) is 0 Å². The SMILES string of the molecule is CC(C)[C@H](NC(=O)CCOCCOCCOCCOCCN1C(=O)C=CC1=O)C(=O)N[C@@H](C)C(=O)Nc1ccc(CO)cc1. The Labute approximate surface area is 257 Å². The number of imide groups is 1. The standard InChI is InChI=1S/C30H44N4O10/c1-21(2)28(30(40)31-22(3)29(39)32-24-6-4-23(20-35)5-7-24)33-25(36)10-12-41-14-16-43-18-19-44-17-15-42-13-11-34-26(37)8-9-27(34)38/h4-9,21-22,28,35H,10-20H2,1-3H3,(H,31,40)(H,32,39)(H,33,36)/t22-,28-/m0/s1. The summed E-state index contributed by atoms with van der Waals surface area (Å²) in [6.07, 6.45) is 2.51. The Bertz CT molecular complexity index is 1090.